The van der Waals surface area contributed by atoms with E-state index < -0.39 is 222 Å². The standard InChI is InChI=1S/C41H50F2N6O10.C38H50F2N6O9.C5H8O2/c1-22-13-33-40(56)59-24(3)34(46-35(51)30(16-26-14-27(42)17-28(43)15-26)45-41(57)58-21-25-9-5-4-6-10-25)39(55)49-20-29(50)18-32(49)38(54)47-12-8-7-11-31(47)36(52)44-23(2)37(53)48(33)19-22;1-5-6-10-31(48)42-27(15-23-13-24(39)16-25(40)14-23)33(49)43-32-22(4)55-38(54)30-12-20(2)18-45(30)35(51)21(3)41-34(50)28-9-7-8-11-44(28)36(52)29-17-26(47)19-46(29)37(32)53;1-2-3-4-5(6)7/h4-6,9-10,14-15,17,22-24,29-34,50H,7-8,11-13,16,18-21H2,1-3H3,(H,44,52)(H,45,57)(H,46,51);6,10,13-14,16,20-22,26-30,32,47H,5,7-9,11-12,15,17-19H2,1-4H3,(H,41,50)(H,42,48)(H,43,49);3-4H,2H2,1H3,(H,6,7)/b;10-6+;4-3+/t22-,23+,24+,29-,30+,31+,32+,33+,34+;20-,21+,22+,26-,27+,28+,29+,30+,32+;/m11./s1. The molecule has 0 aliphatic carbocycles. The third-order valence-corrected chi connectivity index (χ3v) is 22.3. The van der Waals surface area contributed by atoms with Gasteiger partial charge in [-0.05, 0) is 151 Å². The van der Waals surface area contributed by atoms with Gasteiger partial charge in [-0.25, -0.2) is 36.7 Å². The minimum absolute atomic E-state index is 0.0176. The molecule has 658 valence electrons. The van der Waals surface area contributed by atoms with E-state index in [0.29, 0.717) is 56.2 Å². The third-order valence-electron chi connectivity index (χ3n) is 22.3. The highest BCUT2D eigenvalue weighted by atomic mass is 19.1. The molecule has 33 nitrogen and oxygen atoms in total. The molecule has 18 atom stereocenters. The summed E-state index contributed by atoms with van der Waals surface area (Å²) >= 11 is 0. The molecular weight excluding hydrogens is 1590 g/mol. The van der Waals surface area contributed by atoms with Gasteiger partial charge in [0.2, 0.25) is 65.0 Å². The number of nitrogens with zero attached hydrogens (tertiary/aromatic N) is 6. The number of fused-ring (bicyclic) bond motifs is 6. The maximum atomic E-state index is 14.7. The molecule has 0 radical (unpaired) electrons. The van der Waals surface area contributed by atoms with Crippen LogP contribution in [0.5, 0.6) is 0 Å². The van der Waals surface area contributed by atoms with Crippen molar-refractivity contribution < 1.29 is 119 Å². The molecule has 8 aliphatic heterocycles. The molecule has 37 heteroatoms. The lowest BCUT2D eigenvalue weighted by Gasteiger charge is -2.39. The van der Waals surface area contributed by atoms with E-state index in [-0.39, 0.29) is 101 Å². The number of ether oxygens (including phenoxy) is 3. The summed E-state index contributed by atoms with van der Waals surface area (Å²) in [6, 6.07) is -1.56. The van der Waals surface area contributed by atoms with Crippen molar-refractivity contribution in [2.24, 2.45) is 11.8 Å². The van der Waals surface area contributed by atoms with Crippen molar-refractivity contribution in [2.75, 3.05) is 39.3 Å². The van der Waals surface area contributed by atoms with Crippen LogP contribution < -0.4 is 31.9 Å². The minimum Gasteiger partial charge on any atom is -0.478 e. The first-order valence-electron chi connectivity index (χ1n) is 41.0. The number of aliphatic carboxylic acids is 1. The number of piperidine rings is 2. The molecule has 0 spiro atoms. The number of rotatable bonds is 16. The quantitative estimate of drug-likeness (QED) is 0.0431. The fraction of sp³-hybridized carbons (Fsp3) is 0.560. The van der Waals surface area contributed by atoms with Crippen molar-refractivity contribution in [1.82, 2.24) is 61.3 Å². The lowest BCUT2D eigenvalue weighted by atomic mass is 9.98. The Labute approximate surface area is 697 Å². The molecule has 9 N–H and O–H groups in total. The summed E-state index contributed by atoms with van der Waals surface area (Å²) in [6.45, 7) is 12.9. The van der Waals surface area contributed by atoms with Crippen LogP contribution in [0.15, 0.2) is 91.0 Å². The average molecular weight is 1700 g/mol. The number of halogens is 4. The van der Waals surface area contributed by atoms with E-state index >= 15 is 0 Å². The largest absolute Gasteiger partial charge is 0.478 e. The zero-order valence-electron chi connectivity index (χ0n) is 68.8. The van der Waals surface area contributed by atoms with Crippen LogP contribution in [0.4, 0.5) is 22.4 Å². The van der Waals surface area contributed by atoms with E-state index in [1.807, 2.05) is 20.8 Å². The van der Waals surface area contributed by atoms with Gasteiger partial charge in [-0.15, -0.1) is 0 Å². The maximum Gasteiger partial charge on any atom is 0.408 e. The van der Waals surface area contributed by atoms with Crippen molar-refractivity contribution in [3.05, 3.63) is 131 Å². The normalized spacial score (nSPS) is 28.1. The Kier molecular flexibility index (Phi) is 33.0. The van der Waals surface area contributed by atoms with Crippen molar-refractivity contribution in [1.29, 1.82) is 0 Å². The zero-order chi connectivity index (χ0) is 88.4. The van der Waals surface area contributed by atoms with Gasteiger partial charge >= 0.3 is 24.0 Å². The first-order valence-corrected chi connectivity index (χ1v) is 41.0. The maximum absolute atomic E-state index is 14.7. The van der Waals surface area contributed by atoms with Gasteiger partial charge in [-0.2, -0.15) is 0 Å². The van der Waals surface area contributed by atoms with Crippen molar-refractivity contribution in [3.8, 4) is 0 Å². The van der Waals surface area contributed by atoms with E-state index in [4.69, 9.17) is 19.3 Å². The first kappa shape index (κ1) is 93.5. The smallest absolute Gasteiger partial charge is 0.408 e. The monoisotopic (exact) mass is 1700 g/mol. The second kappa shape index (κ2) is 42.7. The SMILES string of the molecule is CC/C=C/C(=O)N[C@@H](Cc1cc(F)cc(F)c1)C(=O)N[C@@H]1C(=O)N2C[C@H](O)C[C@H]2C(=O)N2CCCC[C@H]2C(=O)N[C@@H](C)C(=O)N2C[C@H](C)C[C@H]2C(=O)O[C@H]1C.CC/C=C/C(=O)O.C[C@@H]1C[C@H]2C(=O)O[C@@H](C)[C@H](NC(=O)[C@H](Cc3cc(F)cc(F)c3)NC(=O)OCc3ccccc3)C(=O)N3C[C@H](O)C[C@H]3C(=O)N3CCCC[C@H]3C(=O)N[C@@H](C)C(=O)N2C1. The number of cyclic esters (lactones) is 2. The Morgan fingerprint density at radius 1 is 0.488 bits per heavy atom. The molecule has 121 heavy (non-hydrogen) atoms. The molecule has 11 rings (SSSR count). The summed E-state index contributed by atoms with van der Waals surface area (Å²) in [4.78, 5) is 212. The van der Waals surface area contributed by atoms with Gasteiger partial charge in [0.25, 0.3) is 0 Å². The molecule has 0 bridgehead atoms. The molecular formula is C84H108F4N12O21. The molecule has 8 saturated heterocycles. The number of carbonyl (C=O) groups excluding carboxylic acids is 14. The zero-order valence-corrected chi connectivity index (χ0v) is 68.8. The summed E-state index contributed by atoms with van der Waals surface area (Å²) in [7, 11) is 0. The van der Waals surface area contributed by atoms with Crippen LogP contribution in [-0.4, -0.2) is 270 Å². The molecule has 3 aromatic carbocycles. The number of alkyl carbamates (subject to hydrolysis) is 1. The molecule has 0 aromatic heterocycles. The number of aliphatic hydroxyl groups excluding tert-OH is 2. The Bertz CT molecular complexity index is 4350. The number of esters is 2. The number of allylic oxidation sites excluding steroid dienone is 2. The van der Waals surface area contributed by atoms with Crippen molar-refractivity contribution in [2.45, 2.75) is 249 Å². The van der Waals surface area contributed by atoms with E-state index in [1.54, 1.807) is 43.3 Å². The minimum atomic E-state index is -1.75. The molecule has 3 aromatic rings. The van der Waals surface area contributed by atoms with Crippen LogP contribution in [0.3, 0.4) is 0 Å². The molecule has 8 heterocycles. The van der Waals surface area contributed by atoms with E-state index in [1.165, 1.54) is 59.4 Å². The summed E-state index contributed by atoms with van der Waals surface area (Å²) in [6.07, 6.45) is 2.53. The molecule has 8 aliphatic rings. The fourth-order valence-electron chi connectivity index (χ4n) is 16.4. The highest BCUT2D eigenvalue weighted by molar-refractivity contribution is 6.01. The fourth-order valence-corrected chi connectivity index (χ4v) is 16.4. The number of hydrogen-bond acceptors (Lipinski definition) is 20. The second-order valence-electron chi connectivity index (χ2n) is 32.0. The number of carbonyl (C=O) groups is 15. The number of carboxylic acids is 1. The van der Waals surface area contributed by atoms with Gasteiger partial charge in [-0.3, -0.25) is 52.7 Å². The predicted molar refractivity (Wildman–Crippen MR) is 422 cm³/mol. The van der Waals surface area contributed by atoms with Crippen molar-refractivity contribution >= 4 is 89.0 Å². The van der Waals surface area contributed by atoms with E-state index in [2.05, 4.69) is 31.9 Å². The highest BCUT2D eigenvalue weighted by Crippen LogP contribution is 2.33. The number of hydrogen-bond donors (Lipinski definition) is 9. The van der Waals surface area contributed by atoms with Crippen molar-refractivity contribution in [3.63, 3.8) is 0 Å². The summed E-state index contributed by atoms with van der Waals surface area (Å²) < 4.78 is 73.9. The summed E-state index contributed by atoms with van der Waals surface area (Å²) in [5.74, 6) is -14.7. The van der Waals surface area contributed by atoms with E-state index in [9.17, 15) is 99.7 Å². The Hall–Kier alpha value is -11.4. The number of carboxylic acid groups (broad SMARTS) is 1. The van der Waals surface area contributed by atoms with Gasteiger partial charge in [0, 0.05) is 83.2 Å². The lowest BCUT2D eigenvalue weighted by molar-refractivity contribution is -0.163. The Morgan fingerprint density at radius 3 is 1.28 bits per heavy atom. The van der Waals surface area contributed by atoms with Gasteiger partial charge in [0.15, 0.2) is 0 Å². The second-order valence-corrected chi connectivity index (χ2v) is 32.0. The average Bonchev–Trinajstić information content (AvgIpc) is 1.51. The lowest BCUT2D eigenvalue weighted by Crippen LogP contribution is -2.63. The number of amides is 12. The van der Waals surface area contributed by atoms with Crippen LogP contribution >= 0.6 is 0 Å². The van der Waals surface area contributed by atoms with Gasteiger partial charge in [-0.1, -0.05) is 70.2 Å². The Morgan fingerprint density at radius 2 is 0.884 bits per heavy atom. The van der Waals surface area contributed by atoms with E-state index in [0.717, 1.165) is 46.6 Å². The van der Waals surface area contributed by atoms with Gasteiger partial charge < -0.3 is 90.8 Å². The molecule has 0 saturated carbocycles. The molecule has 12 amide bonds. The number of nitrogens with one attached hydrogen (secondary N) is 6. The van der Waals surface area contributed by atoms with Crippen LogP contribution in [-0.2, 0) is 101 Å². The van der Waals surface area contributed by atoms with Crippen LogP contribution in [0.25, 0.3) is 0 Å². The predicted octanol–water partition coefficient (Wildman–Crippen LogP) is 2.83. The van der Waals surface area contributed by atoms with Crippen LogP contribution in [0, 0.1) is 35.1 Å². The van der Waals surface area contributed by atoms with Gasteiger partial charge in [0.05, 0.1) is 12.2 Å². The summed E-state index contributed by atoms with van der Waals surface area (Å²) in [5, 5.41) is 45.1. The molecule has 0 unspecified atom stereocenters. The number of aliphatic hydroxyl groups is 2. The molecule has 8 fully saturated rings. The van der Waals surface area contributed by atoms with Crippen LogP contribution in [0.1, 0.15) is 149 Å². The van der Waals surface area contributed by atoms with Crippen LogP contribution in [0.2, 0.25) is 0 Å². The Balaban J connectivity index is 0.000000255. The summed E-state index contributed by atoms with van der Waals surface area (Å²) in [5.41, 5.74) is 0.615. The highest BCUT2D eigenvalue weighted by Gasteiger charge is 2.52. The number of benzene rings is 3. The van der Waals surface area contributed by atoms with Gasteiger partial charge in [0.1, 0.15) is 115 Å². The third kappa shape index (κ3) is 24.7. The topological polar surface area (TPSA) is 436 Å². The first-order chi connectivity index (χ1) is 57.4.